The first-order chi connectivity index (χ1) is 8.95. The summed E-state index contributed by atoms with van der Waals surface area (Å²) in [5, 5.41) is 10.5. The third-order valence-corrected chi connectivity index (χ3v) is 4.17. The quantitative estimate of drug-likeness (QED) is 0.513. The molecule has 11 heteroatoms. The van der Waals surface area contributed by atoms with Crippen molar-refractivity contribution in [1.82, 2.24) is 4.31 Å². The van der Waals surface area contributed by atoms with Gasteiger partial charge in [0.2, 0.25) is 10.0 Å². The number of nitrogens with two attached hydrogens (primary N) is 1. The standard InChI is InChI=1S/C9H10F3N3O4S/c1-14(5-9(10,11)12)20(18,19)8-3-2-6(15(16)17)4-7(8)13/h2-4H,5,13H2,1H3. The van der Waals surface area contributed by atoms with Gasteiger partial charge in [0.25, 0.3) is 5.69 Å². The van der Waals surface area contributed by atoms with E-state index >= 15 is 0 Å². The van der Waals surface area contributed by atoms with Crippen molar-refractivity contribution in [3.8, 4) is 0 Å². The fourth-order valence-corrected chi connectivity index (χ4v) is 2.64. The van der Waals surface area contributed by atoms with E-state index in [-0.39, 0.29) is 4.31 Å². The number of alkyl halides is 3. The van der Waals surface area contributed by atoms with Gasteiger partial charge in [0.1, 0.15) is 11.4 Å². The normalized spacial score (nSPS) is 12.7. The van der Waals surface area contributed by atoms with Gasteiger partial charge in [0.15, 0.2) is 0 Å². The highest BCUT2D eigenvalue weighted by Crippen LogP contribution is 2.27. The van der Waals surface area contributed by atoms with Crippen LogP contribution in [0.4, 0.5) is 24.5 Å². The molecule has 0 amide bonds. The molecule has 112 valence electrons. The molecule has 0 aromatic heterocycles. The van der Waals surface area contributed by atoms with Crippen molar-refractivity contribution in [3.63, 3.8) is 0 Å². The Morgan fingerprint density at radius 1 is 1.40 bits per heavy atom. The van der Waals surface area contributed by atoms with Crippen molar-refractivity contribution in [3.05, 3.63) is 28.3 Å². The van der Waals surface area contributed by atoms with Gasteiger partial charge in [-0.25, -0.2) is 8.42 Å². The minimum atomic E-state index is -4.71. The lowest BCUT2D eigenvalue weighted by molar-refractivity contribution is -0.384. The van der Waals surface area contributed by atoms with Crippen molar-refractivity contribution in [2.45, 2.75) is 11.1 Å². The molecule has 0 aliphatic carbocycles. The zero-order chi connectivity index (χ0) is 15.7. The Labute approximate surface area is 112 Å². The van der Waals surface area contributed by atoms with Gasteiger partial charge >= 0.3 is 6.18 Å². The fourth-order valence-electron chi connectivity index (χ4n) is 1.39. The molecule has 0 heterocycles. The predicted molar refractivity (Wildman–Crippen MR) is 63.4 cm³/mol. The number of rotatable bonds is 4. The Hall–Kier alpha value is -1.88. The summed E-state index contributed by atoms with van der Waals surface area (Å²) in [6.45, 7) is -1.69. The minimum absolute atomic E-state index is 0.0739. The first-order valence-electron chi connectivity index (χ1n) is 5.02. The summed E-state index contributed by atoms with van der Waals surface area (Å²) in [5.74, 6) is 0. The van der Waals surface area contributed by atoms with Gasteiger partial charge in [-0.15, -0.1) is 0 Å². The van der Waals surface area contributed by atoms with Gasteiger partial charge in [-0.1, -0.05) is 0 Å². The van der Waals surface area contributed by atoms with E-state index < -0.39 is 43.9 Å². The number of nitro benzene ring substituents is 1. The van der Waals surface area contributed by atoms with E-state index in [0.717, 1.165) is 25.2 Å². The van der Waals surface area contributed by atoms with Crippen molar-refractivity contribution in [1.29, 1.82) is 0 Å². The van der Waals surface area contributed by atoms with Gasteiger partial charge in [-0.3, -0.25) is 10.1 Å². The number of nitrogens with zero attached hydrogens (tertiary/aromatic N) is 2. The third kappa shape index (κ3) is 3.57. The second-order valence-corrected chi connectivity index (χ2v) is 5.87. The lowest BCUT2D eigenvalue weighted by atomic mass is 10.3. The predicted octanol–water partition coefficient (Wildman–Crippen LogP) is 1.36. The van der Waals surface area contributed by atoms with Gasteiger partial charge in [0.05, 0.1) is 10.6 Å². The number of nitro groups is 1. The monoisotopic (exact) mass is 313 g/mol. The zero-order valence-electron chi connectivity index (χ0n) is 10.1. The average molecular weight is 313 g/mol. The number of hydrogen-bond donors (Lipinski definition) is 1. The third-order valence-electron chi connectivity index (χ3n) is 2.29. The highest BCUT2D eigenvalue weighted by Gasteiger charge is 2.35. The van der Waals surface area contributed by atoms with Gasteiger partial charge < -0.3 is 5.73 Å². The molecule has 20 heavy (non-hydrogen) atoms. The van der Waals surface area contributed by atoms with E-state index in [0.29, 0.717) is 0 Å². The molecule has 2 N–H and O–H groups in total. The van der Waals surface area contributed by atoms with E-state index in [2.05, 4.69) is 0 Å². The minimum Gasteiger partial charge on any atom is -0.397 e. The molecule has 0 saturated carbocycles. The van der Waals surface area contributed by atoms with Crippen LogP contribution in [0.15, 0.2) is 23.1 Å². The maximum atomic E-state index is 12.2. The number of nitrogen functional groups attached to an aromatic ring is 1. The smallest absolute Gasteiger partial charge is 0.397 e. The molecule has 0 aliphatic rings. The summed E-state index contributed by atoms with van der Waals surface area (Å²) in [4.78, 5) is 9.06. The summed E-state index contributed by atoms with van der Waals surface area (Å²) in [6.07, 6.45) is -4.71. The van der Waals surface area contributed by atoms with E-state index in [1.165, 1.54) is 0 Å². The maximum absolute atomic E-state index is 12.2. The summed E-state index contributed by atoms with van der Waals surface area (Å²) < 4.78 is 60.4. The molecule has 1 aromatic rings. The molecule has 0 fully saturated rings. The molecule has 0 unspecified atom stereocenters. The number of non-ortho nitro benzene ring substituents is 1. The first-order valence-corrected chi connectivity index (χ1v) is 6.46. The molecule has 0 bridgehead atoms. The summed E-state index contributed by atoms with van der Waals surface area (Å²) in [7, 11) is -3.74. The topological polar surface area (TPSA) is 107 Å². The number of halogens is 3. The lowest BCUT2D eigenvalue weighted by Crippen LogP contribution is -2.36. The van der Waals surface area contributed by atoms with Gasteiger partial charge in [0, 0.05) is 19.2 Å². The molecule has 0 atom stereocenters. The second-order valence-electron chi connectivity index (χ2n) is 3.86. The molecule has 1 rings (SSSR count). The van der Waals surface area contributed by atoms with Crippen LogP contribution in [0, 0.1) is 10.1 Å². The number of anilines is 1. The molecule has 0 spiro atoms. The molecular weight excluding hydrogens is 303 g/mol. The highest BCUT2D eigenvalue weighted by atomic mass is 32.2. The van der Waals surface area contributed by atoms with Crippen LogP contribution in [0.5, 0.6) is 0 Å². The largest absolute Gasteiger partial charge is 0.402 e. The highest BCUT2D eigenvalue weighted by molar-refractivity contribution is 7.89. The van der Waals surface area contributed by atoms with Crippen LogP contribution in [0.2, 0.25) is 0 Å². The van der Waals surface area contributed by atoms with Crippen LogP contribution in [-0.2, 0) is 10.0 Å². The first kappa shape index (κ1) is 16.2. The Morgan fingerprint density at radius 2 is 1.95 bits per heavy atom. The average Bonchev–Trinajstić information content (AvgIpc) is 2.25. The Kier molecular flexibility index (Phi) is 4.24. The molecular formula is C9H10F3N3O4S. The summed E-state index contributed by atoms with van der Waals surface area (Å²) >= 11 is 0. The van der Waals surface area contributed by atoms with Crippen LogP contribution < -0.4 is 5.73 Å². The SMILES string of the molecule is CN(CC(F)(F)F)S(=O)(=O)c1ccc([N+](=O)[O-])cc1N. The van der Waals surface area contributed by atoms with E-state index in [1.54, 1.807) is 0 Å². The van der Waals surface area contributed by atoms with Crippen LogP contribution in [-0.4, -0.2) is 37.4 Å². The van der Waals surface area contributed by atoms with E-state index in [4.69, 9.17) is 5.73 Å². The summed E-state index contributed by atoms with van der Waals surface area (Å²) in [5.41, 5.74) is 4.40. The van der Waals surface area contributed by atoms with Crippen molar-refractivity contribution < 1.29 is 26.5 Å². The van der Waals surface area contributed by atoms with Crippen LogP contribution in [0.1, 0.15) is 0 Å². The Morgan fingerprint density at radius 3 is 2.35 bits per heavy atom. The van der Waals surface area contributed by atoms with Crippen molar-refractivity contribution in [2.24, 2.45) is 0 Å². The number of sulfonamides is 1. The Bertz CT molecular complexity index is 630. The van der Waals surface area contributed by atoms with Crippen molar-refractivity contribution in [2.75, 3.05) is 19.3 Å². The Balaban J connectivity index is 3.20. The fraction of sp³-hybridized carbons (Fsp3) is 0.333. The van der Waals surface area contributed by atoms with E-state index in [1.807, 2.05) is 0 Å². The molecule has 0 saturated heterocycles. The molecule has 0 aliphatic heterocycles. The van der Waals surface area contributed by atoms with Crippen LogP contribution >= 0.6 is 0 Å². The molecule has 0 radical (unpaired) electrons. The number of benzene rings is 1. The van der Waals surface area contributed by atoms with Crippen molar-refractivity contribution >= 4 is 21.4 Å². The molecule has 7 nitrogen and oxygen atoms in total. The molecule has 1 aromatic carbocycles. The van der Waals surface area contributed by atoms with Crippen LogP contribution in [0.3, 0.4) is 0 Å². The zero-order valence-corrected chi connectivity index (χ0v) is 10.9. The summed E-state index contributed by atoms with van der Waals surface area (Å²) in [6, 6.07) is 2.43. The van der Waals surface area contributed by atoms with Gasteiger partial charge in [-0.05, 0) is 6.07 Å². The maximum Gasteiger partial charge on any atom is 0.402 e. The number of hydrogen-bond acceptors (Lipinski definition) is 5. The second kappa shape index (κ2) is 5.25. The van der Waals surface area contributed by atoms with Crippen LogP contribution in [0.25, 0.3) is 0 Å². The van der Waals surface area contributed by atoms with E-state index in [9.17, 15) is 31.7 Å². The van der Waals surface area contributed by atoms with Gasteiger partial charge in [-0.2, -0.15) is 17.5 Å². The lowest BCUT2D eigenvalue weighted by Gasteiger charge is -2.19.